The summed E-state index contributed by atoms with van der Waals surface area (Å²) in [7, 11) is 0. The number of likely N-dealkylation sites (tertiary alicyclic amines) is 1. The molecule has 2 aliphatic rings. The highest BCUT2D eigenvalue weighted by molar-refractivity contribution is 5.86. The molecule has 1 saturated heterocycles. The molecular weight excluding hydrogens is 420 g/mol. The molecule has 174 valence electrons. The molecule has 0 radical (unpaired) electrons. The molecule has 1 aliphatic carbocycles. The van der Waals surface area contributed by atoms with E-state index in [-0.39, 0.29) is 24.3 Å². The fraction of sp³-hybridized carbons (Fsp3) is 0.423. The van der Waals surface area contributed by atoms with Gasteiger partial charge in [-0.2, -0.15) is 0 Å². The van der Waals surface area contributed by atoms with Gasteiger partial charge in [0.15, 0.2) is 0 Å². The number of ether oxygens (including phenoxy) is 1. The first kappa shape index (κ1) is 22.8. The first-order valence-electron chi connectivity index (χ1n) is 11.5. The number of carbonyl (C=O) groups is 3. The molecule has 2 amide bonds. The van der Waals surface area contributed by atoms with Crippen molar-refractivity contribution in [2.75, 3.05) is 19.7 Å². The Balaban J connectivity index is 1.38. The van der Waals surface area contributed by atoms with Gasteiger partial charge in [-0.05, 0) is 41.0 Å². The molecule has 1 aliphatic heterocycles. The first-order chi connectivity index (χ1) is 15.9. The number of alkyl carbamates (subject to hydrolysis) is 1. The number of hydrogen-bond donors (Lipinski definition) is 2. The van der Waals surface area contributed by atoms with Gasteiger partial charge in [0.1, 0.15) is 12.6 Å². The number of nitrogens with zero attached hydrogens (tertiary/aromatic N) is 1. The van der Waals surface area contributed by atoms with E-state index in [0.29, 0.717) is 25.9 Å². The summed E-state index contributed by atoms with van der Waals surface area (Å²) >= 11 is 0. The first-order valence-corrected chi connectivity index (χ1v) is 11.5. The second kappa shape index (κ2) is 9.65. The highest BCUT2D eigenvalue weighted by Gasteiger charge is 2.34. The third kappa shape index (κ3) is 4.72. The Morgan fingerprint density at radius 2 is 1.55 bits per heavy atom. The largest absolute Gasteiger partial charge is 0.481 e. The highest BCUT2D eigenvalue weighted by Crippen LogP contribution is 2.44. The van der Waals surface area contributed by atoms with Gasteiger partial charge in [-0.1, -0.05) is 62.4 Å². The molecule has 7 heteroatoms. The molecule has 4 rings (SSSR count). The van der Waals surface area contributed by atoms with E-state index in [4.69, 9.17) is 4.74 Å². The zero-order valence-electron chi connectivity index (χ0n) is 19.0. The van der Waals surface area contributed by atoms with Crippen LogP contribution in [0.5, 0.6) is 0 Å². The van der Waals surface area contributed by atoms with Crippen molar-refractivity contribution < 1.29 is 24.2 Å². The van der Waals surface area contributed by atoms with Crippen LogP contribution in [-0.2, 0) is 14.3 Å². The van der Waals surface area contributed by atoms with E-state index < -0.39 is 24.0 Å². The lowest BCUT2D eigenvalue weighted by Gasteiger charge is -2.34. The van der Waals surface area contributed by atoms with Crippen LogP contribution in [0, 0.1) is 11.8 Å². The maximum atomic E-state index is 13.0. The molecule has 33 heavy (non-hydrogen) atoms. The van der Waals surface area contributed by atoms with Crippen molar-refractivity contribution in [2.24, 2.45) is 11.8 Å². The van der Waals surface area contributed by atoms with Crippen molar-refractivity contribution in [2.45, 2.75) is 38.6 Å². The average Bonchev–Trinajstić information content (AvgIpc) is 3.14. The number of carboxylic acids is 1. The molecule has 1 atom stereocenters. The van der Waals surface area contributed by atoms with Crippen LogP contribution in [0.25, 0.3) is 11.1 Å². The van der Waals surface area contributed by atoms with Crippen LogP contribution in [0.3, 0.4) is 0 Å². The molecule has 0 spiro atoms. The highest BCUT2D eigenvalue weighted by atomic mass is 16.5. The summed E-state index contributed by atoms with van der Waals surface area (Å²) < 4.78 is 5.61. The molecule has 0 saturated carbocycles. The minimum atomic E-state index is -0.820. The molecule has 2 aromatic rings. The lowest BCUT2D eigenvalue weighted by molar-refractivity contribution is -0.146. The summed E-state index contributed by atoms with van der Waals surface area (Å²) in [5.41, 5.74) is 4.57. The zero-order valence-corrected chi connectivity index (χ0v) is 19.0. The lowest BCUT2D eigenvalue weighted by Crippen LogP contribution is -2.53. The van der Waals surface area contributed by atoms with E-state index >= 15 is 0 Å². The van der Waals surface area contributed by atoms with E-state index in [1.54, 1.807) is 4.90 Å². The van der Waals surface area contributed by atoms with Crippen LogP contribution in [0.15, 0.2) is 48.5 Å². The number of amides is 2. The monoisotopic (exact) mass is 450 g/mol. The smallest absolute Gasteiger partial charge is 0.407 e. The Morgan fingerprint density at radius 3 is 2.06 bits per heavy atom. The second-order valence-electron chi connectivity index (χ2n) is 9.13. The number of fused-ring (bicyclic) bond motifs is 3. The van der Waals surface area contributed by atoms with Crippen LogP contribution in [0.1, 0.15) is 43.7 Å². The molecule has 7 nitrogen and oxygen atoms in total. The topological polar surface area (TPSA) is 95.9 Å². The number of piperidine rings is 1. The Kier molecular flexibility index (Phi) is 6.67. The van der Waals surface area contributed by atoms with Crippen molar-refractivity contribution in [3.05, 3.63) is 59.7 Å². The minimum absolute atomic E-state index is 0.0496. The molecule has 2 aromatic carbocycles. The number of rotatable bonds is 6. The fourth-order valence-corrected chi connectivity index (χ4v) is 4.82. The zero-order chi connectivity index (χ0) is 23.5. The van der Waals surface area contributed by atoms with Crippen molar-refractivity contribution in [3.63, 3.8) is 0 Å². The molecule has 1 unspecified atom stereocenters. The van der Waals surface area contributed by atoms with Crippen molar-refractivity contribution in [3.8, 4) is 11.1 Å². The number of aliphatic carboxylic acids is 1. The van der Waals surface area contributed by atoms with E-state index in [0.717, 1.165) is 22.3 Å². The number of benzene rings is 2. The summed E-state index contributed by atoms with van der Waals surface area (Å²) in [6.07, 6.45) is 0.234. The Morgan fingerprint density at radius 1 is 1.00 bits per heavy atom. The molecule has 1 heterocycles. The molecule has 0 aromatic heterocycles. The standard InChI is InChI=1S/C26H30N2O5/c1-16(2)23(24(29)28-13-11-17(12-14-28)25(30)31)27-26(32)33-15-22-20-9-5-3-7-18(20)19-8-4-6-10-21(19)22/h3-10,16-17,22-23H,11-15H2,1-2H3,(H,27,32)(H,30,31). The van der Waals surface area contributed by atoms with Gasteiger partial charge in [0, 0.05) is 19.0 Å². The average molecular weight is 451 g/mol. The fourth-order valence-electron chi connectivity index (χ4n) is 4.82. The maximum absolute atomic E-state index is 13.0. The van der Waals surface area contributed by atoms with Gasteiger partial charge < -0.3 is 20.1 Å². The van der Waals surface area contributed by atoms with Gasteiger partial charge in [-0.15, -0.1) is 0 Å². The van der Waals surface area contributed by atoms with Crippen LogP contribution in [0.2, 0.25) is 0 Å². The van der Waals surface area contributed by atoms with Gasteiger partial charge in [-0.3, -0.25) is 9.59 Å². The normalized spacial score (nSPS) is 16.8. The van der Waals surface area contributed by atoms with Crippen molar-refractivity contribution in [1.29, 1.82) is 0 Å². The van der Waals surface area contributed by atoms with Crippen molar-refractivity contribution in [1.82, 2.24) is 10.2 Å². The van der Waals surface area contributed by atoms with E-state index in [1.807, 2.05) is 38.1 Å². The van der Waals surface area contributed by atoms with Gasteiger partial charge in [0.2, 0.25) is 5.91 Å². The van der Waals surface area contributed by atoms with Crippen molar-refractivity contribution >= 4 is 18.0 Å². The van der Waals surface area contributed by atoms with Gasteiger partial charge >= 0.3 is 12.1 Å². The summed E-state index contributed by atoms with van der Waals surface area (Å²) in [5.74, 6) is -1.61. The van der Waals surface area contributed by atoms with E-state index in [9.17, 15) is 19.5 Å². The number of hydrogen-bond acceptors (Lipinski definition) is 4. The van der Waals surface area contributed by atoms with Crippen LogP contribution < -0.4 is 5.32 Å². The number of carboxylic acid groups (broad SMARTS) is 1. The summed E-state index contributed by atoms with van der Waals surface area (Å²) in [5, 5.41) is 11.9. The quantitative estimate of drug-likeness (QED) is 0.697. The Bertz CT molecular complexity index is 997. The SMILES string of the molecule is CC(C)C(NC(=O)OCC1c2ccccc2-c2ccccc21)C(=O)N1CCC(C(=O)O)CC1. The van der Waals surface area contributed by atoms with Gasteiger partial charge in [0.25, 0.3) is 0 Å². The van der Waals surface area contributed by atoms with Crippen LogP contribution >= 0.6 is 0 Å². The minimum Gasteiger partial charge on any atom is -0.481 e. The predicted molar refractivity (Wildman–Crippen MR) is 124 cm³/mol. The van der Waals surface area contributed by atoms with E-state index in [1.165, 1.54) is 0 Å². The van der Waals surface area contributed by atoms with Gasteiger partial charge in [0.05, 0.1) is 5.92 Å². The molecular formula is C26H30N2O5. The third-order valence-electron chi connectivity index (χ3n) is 6.71. The number of nitrogens with one attached hydrogen (secondary N) is 1. The maximum Gasteiger partial charge on any atom is 0.407 e. The molecule has 0 bridgehead atoms. The predicted octanol–water partition coefficient (Wildman–Crippen LogP) is 3.87. The van der Waals surface area contributed by atoms with Crippen LogP contribution in [0.4, 0.5) is 4.79 Å². The summed E-state index contributed by atoms with van der Waals surface area (Å²) in [4.78, 5) is 38.6. The van der Waals surface area contributed by atoms with E-state index in [2.05, 4.69) is 29.6 Å². The lowest BCUT2D eigenvalue weighted by atomic mass is 9.95. The Hall–Kier alpha value is -3.35. The Labute approximate surface area is 193 Å². The summed E-state index contributed by atoms with van der Waals surface area (Å²) in [6.45, 7) is 4.69. The van der Waals surface area contributed by atoms with Crippen LogP contribution in [-0.4, -0.2) is 53.7 Å². The third-order valence-corrected chi connectivity index (χ3v) is 6.71. The second-order valence-corrected chi connectivity index (χ2v) is 9.13. The number of carbonyl (C=O) groups excluding carboxylic acids is 2. The van der Waals surface area contributed by atoms with Gasteiger partial charge in [-0.25, -0.2) is 4.79 Å². The molecule has 2 N–H and O–H groups in total. The molecule has 1 fully saturated rings. The summed E-state index contributed by atoms with van der Waals surface area (Å²) in [6, 6.07) is 15.5.